The standard InChI is InChI=1S/C24H24ClN3O6S/c1-14(2)28(35(30,31)22-10-5-16(4)33-22)20-11-15(3)19(25)12-21(20)32-13-17-6-8-18(9-7-17)23-26-24(29)34-27-23/h5-12,14H,13H2,1-4H3,(H,26,27,29). The summed E-state index contributed by atoms with van der Waals surface area (Å²) in [6.45, 7) is 7.17. The highest BCUT2D eigenvalue weighted by Crippen LogP contribution is 2.38. The summed E-state index contributed by atoms with van der Waals surface area (Å²) < 4.78 is 44.3. The van der Waals surface area contributed by atoms with Crippen molar-refractivity contribution >= 4 is 27.3 Å². The van der Waals surface area contributed by atoms with E-state index in [4.69, 9.17) is 20.8 Å². The monoisotopic (exact) mass is 517 g/mol. The Labute approximate surface area is 207 Å². The Balaban J connectivity index is 1.66. The van der Waals surface area contributed by atoms with Crippen LogP contribution in [0, 0.1) is 13.8 Å². The number of nitrogens with one attached hydrogen (secondary N) is 1. The number of rotatable bonds is 8. The molecule has 2 aromatic heterocycles. The maximum absolute atomic E-state index is 13.5. The largest absolute Gasteiger partial charge is 0.487 e. The molecule has 0 amide bonds. The van der Waals surface area contributed by atoms with Crippen molar-refractivity contribution in [2.75, 3.05) is 4.31 Å². The number of anilines is 1. The Morgan fingerprint density at radius 3 is 2.40 bits per heavy atom. The molecule has 35 heavy (non-hydrogen) atoms. The fourth-order valence-electron chi connectivity index (χ4n) is 3.54. The van der Waals surface area contributed by atoms with Crippen LogP contribution in [-0.4, -0.2) is 24.6 Å². The smallest absolute Gasteiger partial charge is 0.439 e. The molecule has 4 aromatic rings. The highest BCUT2D eigenvalue weighted by atomic mass is 35.5. The van der Waals surface area contributed by atoms with E-state index in [0.717, 1.165) is 5.56 Å². The van der Waals surface area contributed by atoms with Gasteiger partial charge in [-0.05, 0) is 57.0 Å². The molecule has 2 aromatic carbocycles. The van der Waals surface area contributed by atoms with Crippen LogP contribution < -0.4 is 14.8 Å². The van der Waals surface area contributed by atoms with Crippen molar-refractivity contribution in [3.05, 3.63) is 81.0 Å². The molecule has 1 N–H and O–H groups in total. The first-order chi connectivity index (χ1) is 16.6. The number of sulfonamides is 1. The maximum Gasteiger partial charge on any atom is 0.439 e. The van der Waals surface area contributed by atoms with E-state index in [1.54, 1.807) is 70.2 Å². The van der Waals surface area contributed by atoms with Crippen LogP contribution in [0.1, 0.15) is 30.7 Å². The Kier molecular flexibility index (Phi) is 6.77. The molecular weight excluding hydrogens is 494 g/mol. The maximum atomic E-state index is 13.5. The number of furan rings is 1. The molecule has 0 unspecified atom stereocenters. The molecule has 0 atom stereocenters. The second-order valence-electron chi connectivity index (χ2n) is 8.26. The molecule has 11 heteroatoms. The summed E-state index contributed by atoms with van der Waals surface area (Å²) in [5.41, 5.74) is 2.54. The third kappa shape index (κ3) is 5.13. The summed E-state index contributed by atoms with van der Waals surface area (Å²) in [5.74, 6) is 0.492. The van der Waals surface area contributed by atoms with E-state index < -0.39 is 21.8 Å². The molecule has 2 heterocycles. The van der Waals surface area contributed by atoms with Crippen LogP contribution in [0.5, 0.6) is 5.75 Å². The summed E-state index contributed by atoms with van der Waals surface area (Å²) in [4.78, 5) is 13.7. The van der Waals surface area contributed by atoms with Crippen LogP contribution in [-0.2, 0) is 16.6 Å². The van der Waals surface area contributed by atoms with E-state index in [2.05, 4.69) is 14.7 Å². The number of aromatic nitrogens is 2. The summed E-state index contributed by atoms with van der Waals surface area (Å²) in [6.07, 6.45) is 0. The van der Waals surface area contributed by atoms with Crippen molar-refractivity contribution in [3.63, 3.8) is 0 Å². The number of H-pyrrole nitrogens is 1. The van der Waals surface area contributed by atoms with E-state index in [1.165, 1.54) is 10.4 Å². The van der Waals surface area contributed by atoms with E-state index in [1.807, 2.05) is 0 Å². The van der Waals surface area contributed by atoms with Crippen LogP contribution >= 0.6 is 11.6 Å². The Morgan fingerprint density at radius 2 is 1.83 bits per heavy atom. The Bertz CT molecular complexity index is 1500. The van der Waals surface area contributed by atoms with Gasteiger partial charge in [-0.2, -0.15) is 8.42 Å². The average molecular weight is 518 g/mol. The van der Waals surface area contributed by atoms with Gasteiger partial charge in [0.05, 0.1) is 5.69 Å². The van der Waals surface area contributed by atoms with Gasteiger partial charge in [-0.3, -0.25) is 13.8 Å². The number of benzene rings is 2. The van der Waals surface area contributed by atoms with Crippen molar-refractivity contribution in [1.82, 2.24) is 10.1 Å². The zero-order chi connectivity index (χ0) is 25.3. The Morgan fingerprint density at radius 1 is 1.11 bits per heavy atom. The van der Waals surface area contributed by atoms with Crippen molar-refractivity contribution in [2.24, 2.45) is 0 Å². The van der Waals surface area contributed by atoms with Gasteiger partial charge >= 0.3 is 5.76 Å². The second kappa shape index (κ2) is 9.63. The van der Waals surface area contributed by atoms with Gasteiger partial charge in [-0.25, -0.2) is 4.79 Å². The molecule has 184 valence electrons. The minimum absolute atomic E-state index is 0.147. The lowest BCUT2D eigenvalue weighted by Gasteiger charge is -2.29. The summed E-state index contributed by atoms with van der Waals surface area (Å²) in [5, 5.41) is 3.96. The average Bonchev–Trinajstić information content (AvgIpc) is 3.44. The fourth-order valence-corrected chi connectivity index (χ4v) is 5.32. The van der Waals surface area contributed by atoms with Crippen molar-refractivity contribution in [3.8, 4) is 17.1 Å². The molecule has 0 fully saturated rings. The summed E-state index contributed by atoms with van der Waals surface area (Å²) in [6, 6.07) is 13.0. The highest BCUT2D eigenvalue weighted by molar-refractivity contribution is 7.92. The molecule has 0 aliphatic rings. The zero-order valence-electron chi connectivity index (χ0n) is 19.5. The van der Waals surface area contributed by atoms with Gasteiger partial charge in [-0.1, -0.05) is 41.0 Å². The molecule has 0 aliphatic carbocycles. The number of ether oxygens (including phenoxy) is 1. The molecule has 0 bridgehead atoms. The molecule has 0 aliphatic heterocycles. The minimum atomic E-state index is -4.00. The number of hydrogen-bond acceptors (Lipinski definition) is 7. The lowest BCUT2D eigenvalue weighted by molar-refractivity contribution is 0.306. The number of nitrogens with zero attached hydrogens (tertiary/aromatic N) is 2. The third-order valence-electron chi connectivity index (χ3n) is 5.24. The summed E-state index contributed by atoms with van der Waals surface area (Å²) >= 11 is 6.37. The first-order valence-corrected chi connectivity index (χ1v) is 12.6. The first-order valence-electron chi connectivity index (χ1n) is 10.8. The van der Waals surface area contributed by atoms with Gasteiger partial charge in [0.2, 0.25) is 5.09 Å². The molecule has 0 radical (unpaired) electrons. The number of aryl methyl sites for hydroxylation is 2. The third-order valence-corrected chi connectivity index (χ3v) is 7.51. The molecule has 0 saturated carbocycles. The van der Waals surface area contributed by atoms with E-state index in [9.17, 15) is 13.2 Å². The van der Waals surface area contributed by atoms with Crippen molar-refractivity contribution in [1.29, 1.82) is 0 Å². The predicted molar refractivity (Wildman–Crippen MR) is 131 cm³/mol. The van der Waals surface area contributed by atoms with Gasteiger partial charge in [0.25, 0.3) is 10.0 Å². The fraction of sp³-hybridized carbons (Fsp3) is 0.250. The second-order valence-corrected chi connectivity index (χ2v) is 10.4. The van der Waals surface area contributed by atoms with E-state index in [0.29, 0.717) is 39.2 Å². The SMILES string of the molecule is Cc1ccc(S(=O)(=O)N(c2cc(C)c(Cl)cc2OCc2ccc(-c3noc(=O)[nH]3)cc2)C(C)C)o1. The molecule has 4 rings (SSSR count). The van der Waals surface area contributed by atoms with Gasteiger partial charge in [0.1, 0.15) is 18.1 Å². The van der Waals surface area contributed by atoms with Crippen LogP contribution in [0.25, 0.3) is 11.4 Å². The zero-order valence-corrected chi connectivity index (χ0v) is 21.1. The summed E-state index contributed by atoms with van der Waals surface area (Å²) in [7, 11) is -4.00. The number of halogens is 1. The van der Waals surface area contributed by atoms with Crippen LogP contribution in [0.2, 0.25) is 5.02 Å². The number of aromatic amines is 1. The quantitative estimate of drug-likeness (QED) is 0.346. The van der Waals surface area contributed by atoms with Crippen molar-refractivity contribution in [2.45, 2.75) is 45.4 Å². The van der Waals surface area contributed by atoms with E-state index >= 15 is 0 Å². The van der Waals surface area contributed by atoms with Crippen LogP contribution in [0.15, 0.2) is 67.4 Å². The minimum Gasteiger partial charge on any atom is -0.487 e. The van der Waals surface area contributed by atoms with Gasteiger partial charge in [-0.15, -0.1) is 0 Å². The van der Waals surface area contributed by atoms with E-state index in [-0.39, 0.29) is 11.7 Å². The first kappa shape index (κ1) is 24.6. The molecule has 0 saturated heterocycles. The topological polar surface area (TPSA) is 119 Å². The highest BCUT2D eigenvalue weighted by Gasteiger charge is 2.32. The van der Waals surface area contributed by atoms with Crippen LogP contribution in [0.3, 0.4) is 0 Å². The lowest BCUT2D eigenvalue weighted by Crippen LogP contribution is -2.37. The predicted octanol–water partition coefficient (Wildman–Crippen LogP) is 5.08. The van der Waals surface area contributed by atoms with Gasteiger partial charge in [0.15, 0.2) is 5.82 Å². The molecule has 9 nitrogen and oxygen atoms in total. The number of hydrogen-bond donors (Lipinski definition) is 1. The van der Waals surface area contributed by atoms with Crippen molar-refractivity contribution < 1.29 is 22.1 Å². The van der Waals surface area contributed by atoms with Gasteiger partial charge < -0.3 is 9.15 Å². The lowest BCUT2D eigenvalue weighted by atomic mass is 10.1. The normalized spacial score (nSPS) is 11.7. The van der Waals surface area contributed by atoms with Crippen LogP contribution in [0.4, 0.5) is 5.69 Å². The molecular formula is C24H24ClN3O6S. The van der Waals surface area contributed by atoms with Gasteiger partial charge in [0, 0.05) is 22.7 Å². The molecule has 0 spiro atoms. The Hall–Kier alpha value is -3.50.